The van der Waals surface area contributed by atoms with Crippen LogP contribution in [0.2, 0.25) is 0 Å². The molecule has 0 saturated carbocycles. The summed E-state index contributed by atoms with van der Waals surface area (Å²) in [7, 11) is 0. The lowest BCUT2D eigenvalue weighted by Gasteiger charge is -2.34. The van der Waals surface area contributed by atoms with Gasteiger partial charge in [0, 0.05) is 37.4 Å². The molecule has 1 N–H and O–H groups in total. The van der Waals surface area contributed by atoms with Crippen LogP contribution in [0.1, 0.15) is 43.0 Å². The quantitative estimate of drug-likeness (QED) is 0.913. The van der Waals surface area contributed by atoms with Gasteiger partial charge in [0.25, 0.3) is 5.91 Å². The molecular weight excluding hydrogens is 276 g/mol. The van der Waals surface area contributed by atoms with E-state index in [1.807, 2.05) is 19.1 Å². The topological polar surface area (TPSA) is 43.8 Å². The zero-order valence-corrected chi connectivity index (χ0v) is 13.4. The van der Waals surface area contributed by atoms with Crippen LogP contribution in [0, 0.1) is 5.92 Å². The predicted molar refractivity (Wildman–Crippen MR) is 88.2 cm³/mol. The van der Waals surface area contributed by atoms with E-state index in [4.69, 9.17) is 0 Å². The number of carbonyl (C=O) groups is 1. The first-order valence-electron chi connectivity index (χ1n) is 8.47. The molecule has 2 heterocycles. The molecule has 120 valence electrons. The van der Waals surface area contributed by atoms with E-state index in [1.165, 1.54) is 24.9 Å². The Bertz CT molecular complexity index is 508. The van der Waals surface area contributed by atoms with Gasteiger partial charge in [-0.25, -0.2) is 0 Å². The number of β-amino-alcohol motifs (C(OH)–C–C–N with tert-alkyl or cyclic N) is 1. The lowest BCUT2D eigenvalue weighted by atomic mass is 9.95. The molecule has 1 aromatic carbocycles. The number of anilines is 1. The minimum atomic E-state index is -0.398. The number of rotatable bonds is 2. The number of hydrogen-bond donors (Lipinski definition) is 1. The molecule has 1 aromatic rings. The predicted octanol–water partition coefficient (Wildman–Crippen LogP) is 2.52. The van der Waals surface area contributed by atoms with Crippen molar-refractivity contribution in [2.24, 2.45) is 5.92 Å². The van der Waals surface area contributed by atoms with Gasteiger partial charge in [-0.3, -0.25) is 4.79 Å². The Morgan fingerprint density at radius 2 is 1.77 bits per heavy atom. The number of aliphatic hydroxyl groups is 1. The molecule has 0 bridgehead atoms. The van der Waals surface area contributed by atoms with Crippen LogP contribution in [0.3, 0.4) is 0 Å². The largest absolute Gasteiger partial charge is 0.391 e. The fourth-order valence-electron chi connectivity index (χ4n) is 3.38. The van der Waals surface area contributed by atoms with E-state index in [0.717, 1.165) is 31.6 Å². The number of piperidine rings is 2. The summed E-state index contributed by atoms with van der Waals surface area (Å²) in [4.78, 5) is 16.7. The molecule has 2 unspecified atom stereocenters. The molecule has 2 aliphatic rings. The number of carbonyl (C=O) groups excluding carboxylic acids is 1. The van der Waals surface area contributed by atoms with E-state index in [1.54, 1.807) is 4.90 Å². The van der Waals surface area contributed by atoms with E-state index in [-0.39, 0.29) is 11.8 Å². The smallest absolute Gasteiger partial charge is 0.253 e. The first-order valence-corrected chi connectivity index (χ1v) is 8.47. The summed E-state index contributed by atoms with van der Waals surface area (Å²) in [6.07, 6.45) is 4.31. The molecule has 0 aliphatic carbocycles. The zero-order chi connectivity index (χ0) is 15.5. The van der Waals surface area contributed by atoms with Crippen molar-refractivity contribution in [3.63, 3.8) is 0 Å². The standard InChI is InChI=1S/C18H26N2O2/c1-14-9-12-20(13-17(14)21)18(22)15-5-7-16(8-6-15)19-10-3-2-4-11-19/h5-8,14,17,21H,2-4,9-13H2,1H3. The second kappa shape index (κ2) is 6.69. The Balaban J connectivity index is 1.65. The normalized spacial score (nSPS) is 26.1. The number of nitrogens with zero attached hydrogens (tertiary/aromatic N) is 2. The van der Waals surface area contributed by atoms with Crippen molar-refractivity contribution >= 4 is 11.6 Å². The molecule has 2 aliphatic heterocycles. The Kier molecular flexibility index (Phi) is 4.67. The molecule has 2 atom stereocenters. The number of aliphatic hydroxyl groups excluding tert-OH is 1. The van der Waals surface area contributed by atoms with Crippen LogP contribution in [0.15, 0.2) is 24.3 Å². The molecule has 3 rings (SSSR count). The second-order valence-corrected chi connectivity index (χ2v) is 6.68. The van der Waals surface area contributed by atoms with Crippen molar-refractivity contribution in [3.8, 4) is 0 Å². The second-order valence-electron chi connectivity index (χ2n) is 6.68. The maximum Gasteiger partial charge on any atom is 0.253 e. The Morgan fingerprint density at radius 1 is 1.09 bits per heavy atom. The summed E-state index contributed by atoms with van der Waals surface area (Å²) >= 11 is 0. The molecule has 0 spiro atoms. The summed E-state index contributed by atoms with van der Waals surface area (Å²) in [5.41, 5.74) is 1.94. The van der Waals surface area contributed by atoms with Crippen LogP contribution in [0.5, 0.6) is 0 Å². The molecule has 2 saturated heterocycles. The SMILES string of the molecule is CC1CCN(C(=O)c2ccc(N3CCCCC3)cc2)CC1O. The van der Waals surface area contributed by atoms with Gasteiger partial charge >= 0.3 is 0 Å². The maximum atomic E-state index is 12.5. The highest BCUT2D eigenvalue weighted by atomic mass is 16.3. The maximum absolute atomic E-state index is 12.5. The Hall–Kier alpha value is -1.55. The first kappa shape index (κ1) is 15.3. The highest BCUT2D eigenvalue weighted by molar-refractivity contribution is 5.94. The van der Waals surface area contributed by atoms with Crippen molar-refractivity contribution in [1.29, 1.82) is 0 Å². The summed E-state index contributed by atoms with van der Waals surface area (Å²) < 4.78 is 0. The van der Waals surface area contributed by atoms with Crippen LogP contribution in [0.25, 0.3) is 0 Å². The van der Waals surface area contributed by atoms with E-state index in [0.29, 0.717) is 6.54 Å². The van der Waals surface area contributed by atoms with Gasteiger partial charge in [0.2, 0.25) is 0 Å². The Morgan fingerprint density at radius 3 is 2.41 bits per heavy atom. The van der Waals surface area contributed by atoms with Gasteiger partial charge in [-0.05, 0) is 55.9 Å². The number of hydrogen-bond acceptors (Lipinski definition) is 3. The molecule has 22 heavy (non-hydrogen) atoms. The summed E-state index contributed by atoms with van der Waals surface area (Å²) in [5.74, 6) is 0.321. The van der Waals surface area contributed by atoms with Crippen molar-refractivity contribution in [1.82, 2.24) is 4.90 Å². The third kappa shape index (κ3) is 3.27. The van der Waals surface area contributed by atoms with E-state index in [9.17, 15) is 9.90 Å². The summed E-state index contributed by atoms with van der Waals surface area (Å²) in [5, 5.41) is 9.96. The molecular formula is C18H26N2O2. The lowest BCUT2D eigenvalue weighted by Crippen LogP contribution is -2.45. The zero-order valence-electron chi connectivity index (χ0n) is 13.4. The van der Waals surface area contributed by atoms with Gasteiger partial charge in [-0.1, -0.05) is 6.92 Å². The monoisotopic (exact) mass is 302 g/mol. The van der Waals surface area contributed by atoms with Gasteiger partial charge in [0.15, 0.2) is 0 Å². The fraction of sp³-hybridized carbons (Fsp3) is 0.611. The molecule has 0 aromatic heterocycles. The minimum absolute atomic E-state index is 0.0381. The van der Waals surface area contributed by atoms with Crippen molar-refractivity contribution < 1.29 is 9.90 Å². The van der Waals surface area contributed by atoms with Gasteiger partial charge in [-0.15, -0.1) is 0 Å². The van der Waals surface area contributed by atoms with Crippen LogP contribution in [-0.2, 0) is 0 Å². The average Bonchev–Trinajstić information content (AvgIpc) is 2.58. The van der Waals surface area contributed by atoms with Gasteiger partial charge < -0.3 is 14.9 Å². The van der Waals surface area contributed by atoms with Crippen LogP contribution in [0.4, 0.5) is 5.69 Å². The highest BCUT2D eigenvalue weighted by Gasteiger charge is 2.27. The van der Waals surface area contributed by atoms with Crippen molar-refractivity contribution in [2.45, 2.75) is 38.7 Å². The van der Waals surface area contributed by atoms with Gasteiger partial charge in [0.1, 0.15) is 0 Å². The molecule has 4 nitrogen and oxygen atoms in total. The lowest BCUT2D eigenvalue weighted by molar-refractivity contribution is 0.0248. The van der Waals surface area contributed by atoms with Gasteiger partial charge in [-0.2, -0.15) is 0 Å². The third-order valence-corrected chi connectivity index (χ3v) is 5.04. The molecule has 4 heteroatoms. The van der Waals surface area contributed by atoms with Gasteiger partial charge in [0.05, 0.1) is 6.10 Å². The van der Waals surface area contributed by atoms with Crippen molar-refractivity contribution in [3.05, 3.63) is 29.8 Å². The van der Waals surface area contributed by atoms with Crippen molar-refractivity contribution in [2.75, 3.05) is 31.1 Å². The van der Waals surface area contributed by atoms with Crippen LogP contribution < -0.4 is 4.90 Å². The molecule has 2 fully saturated rings. The highest BCUT2D eigenvalue weighted by Crippen LogP contribution is 2.22. The number of benzene rings is 1. The summed E-state index contributed by atoms with van der Waals surface area (Å²) in [6, 6.07) is 7.97. The molecule has 1 amide bonds. The third-order valence-electron chi connectivity index (χ3n) is 5.04. The fourth-order valence-corrected chi connectivity index (χ4v) is 3.38. The Labute approximate surface area is 132 Å². The van der Waals surface area contributed by atoms with Crippen LogP contribution in [-0.4, -0.2) is 48.2 Å². The van der Waals surface area contributed by atoms with E-state index < -0.39 is 6.10 Å². The van der Waals surface area contributed by atoms with Crippen LogP contribution >= 0.6 is 0 Å². The average molecular weight is 302 g/mol. The minimum Gasteiger partial charge on any atom is -0.391 e. The summed E-state index contributed by atoms with van der Waals surface area (Å²) in [6.45, 7) is 5.46. The number of likely N-dealkylation sites (tertiary alicyclic amines) is 1. The van der Waals surface area contributed by atoms with E-state index >= 15 is 0 Å². The first-order chi connectivity index (χ1) is 10.6. The van der Waals surface area contributed by atoms with E-state index in [2.05, 4.69) is 17.0 Å². The number of amides is 1. The molecule has 0 radical (unpaired) electrons.